The van der Waals surface area contributed by atoms with Crippen LogP contribution in [0.2, 0.25) is 0 Å². The normalized spacial score (nSPS) is 38.3. The lowest BCUT2D eigenvalue weighted by molar-refractivity contribution is -0.161. The summed E-state index contributed by atoms with van der Waals surface area (Å²) in [5, 5.41) is 7.05. The number of hydroxylamine groups is 1. The van der Waals surface area contributed by atoms with E-state index in [9.17, 15) is 4.79 Å². The Morgan fingerprint density at radius 1 is 1.19 bits per heavy atom. The van der Waals surface area contributed by atoms with E-state index in [0.29, 0.717) is 23.8 Å². The Labute approximate surface area is 165 Å². The summed E-state index contributed by atoms with van der Waals surface area (Å²) in [6, 6.07) is 0.298. The second-order valence-corrected chi connectivity index (χ2v) is 9.46. The van der Waals surface area contributed by atoms with Gasteiger partial charge in [-0.15, -0.1) is 0 Å². The van der Waals surface area contributed by atoms with Gasteiger partial charge in [0.25, 0.3) is 0 Å². The van der Waals surface area contributed by atoms with Crippen LogP contribution in [-0.2, 0) is 9.63 Å². The first-order valence-corrected chi connectivity index (χ1v) is 11.1. The standard InChI is InChI=1S/C21H40N4O2/c1-14-8-6-11-22-19(14)17(10-12-25(3)4)23-21(26)18-13-16-9-5-7-15(2)20(16)27-24-18/h14-20,22,24H,5-13H2,1-4H3,(H,23,26). The molecule has 1 aliphatic carbocycles. The highest BCUT2D eigenvalue weighted by Crippen LogP contribution is 2.36. The third-order valence-corrected chi connectivity index (χ3v) is 6.94. The Hall–Kier alpha value is -0.690. The van der Waals surface area contributed by atoms with Crippen molar-refractivity contribution in [1.29, 1.82) is 0 Å². The summed E-state index contributed by atoms with van der Waals surface area (Å²) in [5.41, 5.74) is 3.09. The van der Waals surface area contributed by atoms with Gasteiger partial charge in [-0.3, -0.25) is 9.63 Å². The maximum atomic E-state index is 13.1. The topological polar surface area (TPSA) is 65.6 Å². The fourth-order valence-corrected chi connectivity index (χ4v) is 5.27. The van der Waals surface area contributed by atoms with Crippen LogP contribution in [0.15, 0.2) is 0 Å². The van der Waals surface area contributed by atoms with Gasteiger partial charge in [0.15, 0.2) is 0 Å². The van der Waals surface area contributed by atoms with E-state index in [2.05, 4.69) is 49.0 Å². The van der Waals surface area contributed by atoms with Gasteiger partial charge >= 0.3 is 0 Å². The zero-order valence-electron chi connectivity index (χ0n) is 17.7. The van der Waals surface area contributed by atoms with E-state index in [1.54, 1.807) is 0 Å². The predicted octanol–water partition coefficient (Wildman–Crippen LogP) is 1.91. The number of carbonyl (C=O) groups excluding carboxylic acids is 1. The van der Waals surface area contributed by atoms with Crippen molar-refractivity contribution in [3.05, 3.63) is 0 Å². The van der Waals surface area contributed by atoms with E-state index >= 15 is 0 Å². The molecule has 3 aliphatic rings. The highest BCUT2D eigenvalue weighted by molar-refractivity contribution is 5.82. The minimum absolute atomic E-state index is 0.106. The molecule has 3 N–H and O–H groups in total. The Morgan fingerprint density at radius 2 is 1.96 bits per heavy atom. The molecule has 0 spiro atoms. The molecule has 1 saturated carbocycles. The summed E-state index contributed by atoms with van der Waals surface area (Å²) >= 11 is 0. The van der Waals surface area contributed by atoms with Crippen LogP contribution in [0.5, 0.6) is 0 Å². The van der Waals surface area contributed by atoms with Crippen molar-refractivity contribution < 1.29 is 9.63 Å². The molecular weight excluding hydrogens is 340 g/mol. The van der Waals surface area contributed by atoms with E-state index in [1.807, 2.05) is 0 Å². The number of hydrogen-bond acceptors (Lipinski definition) is 5. The molecule has 6 nitrogen and oxygen atoms in total. The van der Waals surface area contributed by atoms with Crippen molar-refractivity contribution in [2.45, 2.75) is 83.0 Å². The number of nitrogens with one attached hydrogen (secondary N) is 3. The lowest BCUT2D eigenvalue weighted by atomic mass is 9.76. The molecular formula is C21H40N4O2. The number of hydrogen-bond donors (Lipinski definition) is 3. The number of nitrogens with zero attached hydrogens (tertiary/aromatic N) is 1. The molecule has 0 radical (unpaired) electrons. The first kappa shape index (κ1) is 21.0. The molecule has 7 unspecified atom stereocenters. The number of amides is 1. The predicted molar refractivity (Wildman–Crippen MR) is 108 cm³/mol. The Balaban J connectivity index is 1.59. The molecule has 0 bridgehead atoms. The lowest BCUT2D eigenvalue weighted by Crippen LogP contribution is -2.60. The van der Waals surface area contributed by atoms with E-state index in [-0.39, 0.29) is 24.1 Å². The summed E-state index contributed by atoms with van der Waals surface area (Å²) in [7, 11) is 4.19. The van der Waals surface area contributed by atoms with Crippen LogP contribution < -0.4 is 16.1 Å². The van der Waals surface area contributed by atoms with E-state index in [1.165, 1.54) is 32.1 Å². The average Bonchev–Trinajstić information content (AvgIpc) is 2.65. The molecule has 1 amide bonds. The fraction of sp³-hybridized carbons (Fsp3) is 0.952. The number of piperidine rings is 1. The van der Waals surface area contributed by atoms with Crippen LogP contribution in [0.1, 0.15) is 58.8 Å². The van der Waals surface area contributed by atoms with E-state index in [0.717, 1.165) is 25.9 Å². The molecule has 2 heterocycles. The summed E-state index contributed by atoms with van der Waals surface area (Å²) in [6.07, 6.45) is 8.28. The van der Waals surface area contributed by atoms with Crippen LogP contribution in [0, 0.1) is 17.8 Å². The zero-order chi connectivity index (χ0) is 19.4. The molecule has 6 heteroatoms. The molecule has 7 atom stereocenters. The van der Waals surface area contributed by atoms with Crippen LogP contribution in [0.4, 0.5) is 0 Å². The Bertz CT molecular complexity index is 487. The molecule has 3 fully saturated rings. The quantitative estimate of drug-likeness (QED) is 0.657. The molecule has 0 aromatic rings. The van der Waals surface area contributed by atoms with Gasteiger partial charge < -0.3 is 15.5 Å². The Morgan fingerprint density at radius 3 is 2.70 bits per heavy atom. The second kappa shape index (κ2) is 9.68. The second-order valence-electron chi connectivity index (χ2n) is 9.46. The van der Waals surface area contributed by atoms with Gasteiger partial charge in [0.2, 0.25) is 5.91 Å². The lowest BCUT2D eigenvalue weighted by Gasteiger charge is -2.43. The van der Waals surface area contributed by atoms with Gasteiger partial charge in [-0.1, -0.05) is 20.3 Å². The molecule has 27 heavy (non-hydrogen) atoms. The first-order chi connectivity index (χ1) is 13.0. The van der Waals surface area contributed by atoms with Crippen LogP contribution in [0.3, 0.4) is 0 Å². The van der Waals surface area contributed by atoms with Gasteiger partial charge in [-0.2, -0.15) is 5.48 Å². The molecule has 0 aromatic carbocycles. The van der Waals surface area contributed by atoms with Crippen molar-refractivity contribution in [3.63, 3.8) is 0 Å². The fourth-order valence-electron chi connectivity index (χ4n) is 5.27. The van der Waals surface area contributed by atoms with Gasteiger partial charge in [0, 0.05) is 12.1 Å². The third-order valence-electron chi connectivity index (χ3n) is 6.94. The van der Waals surface area contributed by atoms with Gasteiger partial charge in [0.05, 0.1) is 6.10 Å². The van der Waals surface area contributed by atoms with Crippen LogP contribution >= 0.6 is 0 Å². The van der Waals surface area contributed by atoms with Gasteiger partial charge in [-0.25, -0.2) is 0 Å². The summed E-state index contributed by atoms with van der Waals surface area (Å²) in [5.74, 6) is 1.79. The van der Waals surface area contributed by atoms with Crippen molar-refractivity contribution in [3.8, 4) is 0 Å². The maximum Gasteiger partial charge on any atom is 0.239 e. The zero-order valence-corrected chi connectivity index (χ0v) is 17.7. The number of rotatable bonds is 6. The largest absolute Gasteiger partial charge is 0.350 e. The Kier molecular flexibility index (Phi) is 7.54. The van der Waals surface area contributed by atoms with Crippen molar-refractivity contribution in [1.82, 2.24) is 21.0 Å². The van der Waals surface area contributed by atoms with Crippen molar-refractivity contribution >= 4 is 5.91 Å². The number of fused-ring (bicyclic) bond motifs is 1. The van der Waals surface area contributed by atoms with Crippen LogP contribution in [0.25, 0.3) is 0 Å². The molecule has 2 saturated heterocycles. The van der Waals surface area contributed by atoms with Gasteiger partial charge in [0.1, 0.15) is 6.04 Å². The summed E-state index contributed by atoms with van der Waals surface area (Å²) in [6.45, 7) is 6.61. The van der Waals surface area contributed by atoms with Crippen molar-refractivity contribution in [2.24, 2.45) is 17.8 Å². The smallest absolute Gasteiger partial charge is 0.239 e. The van der Waals surface area contributed by atoms with Crippen LogP contribution in [-0.4, -0.2) is 62.2 Å². The van der Waals surface area contributed by atoms with E-state index in [4.69, 9.17) is 4.84 Å². The van der Waals surface area contributed by atoms with E-state index < -0.39 is 0 Å². The number of carbonyl (C=O) groups is 1. The SMILES string of the molecule is CC1CCCNC1C(CCN(C)C)NC(=O)C1CC2CCCC(C)C2ON1. The minimum Gasteiger partial charge on any atom is -0.350 e. The molecule has 156 valence electrons. The van der Waals surface area contributed by atoms with Gasteiger partial charge in [-0.05, 0) is 83.5 Å². The average molecular weight is 381 g/mol. The molecule has 2 aliphatic heterocycles. The summed E-state index contributed by atoms with van der Waals surface area (Å²) in [4.78, 5) is 21.2. The first-order valence-electron chi connectivity index (χ1n) is 11.1. The highest BCUT2D eigenvalue weighted by Gasteiger charge is 2.40. The highest BCUT2D eigenvalue weighted by atomic mass is 16.7. The van der Waals surface area contributed by atoms with Crippen molar-refractivity contribution in [2.75, 3.05) is 27.2 Å². The molecule has 0 aromatic heterocycles. The third kappa shape index (κ3) is 5.43. The molecule has 3 rings (SSSR count). The monoisotopic (exact) mass is 380 g/mol. The summed E-state index contributed by atoms with van der Waals surface area (Å²) < 4.78 is 0. The minimum atomic E-state index is -0.225. The maximum absolute atomic E-state index is 13.1.